The van der Waals surface area contributed by atoms with Gasteiger partial charge < -0.3 is 9.42 Å². The molecule has 2 aromatic carbocycles. The van der Waals surface area contributed by atoms with E-state index in [9.17, 15) is 4.79 Å². The van der Waals surface area contributed by atoms with E-state index < -0.39 is 0 Å². The molecule has 31 heavy (non-hydrogen) atoms. The number of rotatable bonds is 8. The maximum absolute atomic E-state index is 12.7. The summed E-state index contributed by atoms with van der Waals surface area (Å²) in [6.45, 7) is 2.02. The number of carbonyl (C=O) groups excluding carboxylic acids is 1. The van der Waals surface area contributed by atoms with Crippen LogP contribution in [0.3, 0.4) is 0 Å². The fourth-order valence-electron chi connectivity index (χ4n) is 3.31. The van der Waals surface area contributed by atoms with Crippen molar-refractivity contribution in [1.82, 2.24) is 29.8 Å². The SMILES string of the molecule is C[C@@H](c1ccc(-n2cncn2)cc1)N(C)C(=O)CCCc1nc(-c2ccccc2)no1. The van der Waals surface area contributed by atoms with Crippen molar-refractivity contribution < 1.29 is 9.32 Å². The third-order valence-corrected chi connectivity index (χ3v) is 5.31. The number of benzene rings is 2. The molecule has 0 aliphatic carbocycles. The van der Waals surface area contributed by atoms with Crippen LogP contribution in [-0.4, -0.2) is 42.8 Å². The topological polar surface area (TPSA) is 89.9 Å². The van der Waals surface area contributed by atoms with Crippen molar-refractivity contribution in [3.63, 3.8) is 0 Å². The van der Waals surface area contributed by atoms with Crippen molar-refractivity contribution in [2.75, 3.05) is 7.05 Å². The zero-order chi connectivity index (χ0) is 21.6. The molecule has 0 fully saturated rings. The molecule has 0 spiro atoms. The van der Waals surface area contributed by atoms with Crippen LogP contribution >= 0.6 is 0 Å². The number of carbonyl (C=O) groups is 1. The minimum absolute atomic E-state index is 0.0367. The van der Waals surface area contributed by atoms with Crippen molar-refractivity contribution in [2.45, 2.75) is 32.2 Å². The first-order valence-electron chi connectivity index (χ1n) is 10.2. The average molecular weight is 416 g/mol. The lowest BCUT2D eigenvalue weighted by Crippen LogP contribution is -2.29. The molecule has 0 aliphatic rings. The van der Waals surface area contributed by atoms with Crippen LogP contribution in [0.1, 0.15) is 37.3 Å². The maximum Gasteiger partial charge on any atom is 0.226 e. The number of hydrogen-bond acceptors (Lipinski definition) is 6. The van der Waals surface area contributed by atoms with E-state index >= 15 is 0 Å². The van der Waals surface area contributed by atoms with Gasteiger partial charge in [-0.2, -0.15) is 10.1 Å². The number of nitrogens with zero attached hydrogens (tertiary/aromatic N) is 6. The Labute approximate surface area is 180 Å². The lowest BCUT2D eigenvalue weighted by Gasteiger charge is -2.25. The summed E-state index contributed by atoms with van der Waals surface area (Å²) >= 11 is 0. The van der Waals surface area contributed by atoms with Crippen molar-refractivity contribution in [1.29, 1.82) is 0 Å². The Morgan fingerprint density at radius 1 is 1.13 bits per heavy atom. The Morgan fingerprint density at radius 3 is 2.61 bits per heavy atom. The van der Waals surface area contributed by atoms with E-state index in [0.29, 0.717) is 31.0 Å². The molecule has 8 heteroatoms. The van der Waals surface area contributed by atoms with Gasteiger partial charge in [-0.1, -0.05) is 47.6 Å². The quantitative estimate of drug-likeness (QED) is 0.433. The second-order valence-electron chi connectivity index (χ2n) is 7.34. The minimum Gasteiger partial charge on any atom is -0.339 e. The van der Waals surface area contributed by atoms with Crippen LogP contribution in [0, 0.1) is 0 Å². The lowest BCUT2D eigenvalue weighted by molar-refractivity contribution is -0.131. The summed E-state index contributed by atoms with van der Waals surface area (Å²) in [5, 5.41) is 8.15. The van der Waals surface area contributed by atoms with E-state index in [0.717, 1.165) is 16.8 Å². The van der Waals surface area contributed by atoms with Crippen LogP contribution in [0.4, 0.5) is 0 Å². The van der Waals surface area contributed by atoms with Crippen molar-refractivity contribution in [3.8, 4) is 17.1 Å². The molecule has 8 nitrogen and oxygen atoms in total. The summed E-state index contributed by atoms with van der Waals surface area (Å²) in [5.74, 6) is 1.20. The highest BCUT2D eigenvalue weighted by Crippen LogP contribution is 2.22. The first-order chi connectivity index (χ1) is 15.1. The molecule has 1 amide bonds. The predicted molar refractivity (Wildman–Crippen MR) is 115 cm³/mol. The van der Waals surface area contributed by atoms with Gasteiger partial charge in [-0.05, 0) is 31.0 Å². The fraction of sp³-hybridized carbons (Fsp3) is 0.261. The molecule has 0 unspecified atom stereocenters. The third-order valence-electron chi connectivity index (χ3n) is 5.31. The van der Waals surface area contributed by atoms with Gasteiger partial charge in [-0.3, -0.25) is 4.79 Å². The second kappa shape index (κ2) is 9.34. The summed E-state index contributed by atoms with van der Waals surface area (Å²) < 4.78 is 7.02. The van der Waals surface area contributed by atoms with Crippen molar-refractivity contribution >= 4 is 5.91 Å². The highest BCUT2D eigenvalue weighted by atomic mass is 16.5. The Kier molecular flexibility index (Phi) is 6.16. The van der Waals surface area contributed by atoms with Gasteiger partial charge in [0.05, 0.1) is 11.7 Å². The van der Waals surface area contributed by atoms with E-state index in [4.69, 9.17) is 4.52 Å². The van der Waals surface area contributed by atoms with E-state index in [1.165, 1.54) is 6.33 Å². The molecular weight excluding hydrogens is 392 g/mol. The summed E-state index contributed by atoms with van der Waals surface area (Å²) in [4.78, 5) is 22.8. The average Bonchev–Trinajstić information content (AvgIpc) is 3.51. The second-order valence-corrected chi connectivity index (χ2v) is 7.34. The van der Waals surface area contributed by atoms with Crippen LogP contribution in [0.2, 0.25) is 0 Å². The third kappa shape index (κ3) is 4.85. The fourth-order valence-corrected chi connectivity index (χ4v) is 3.31. The van der Waals surface area contributed by atoms with Crippen LogP contribution in [-0.2, 0) is 11.2 Å². The van der Waals surface area contributed by atoms with E-state index in [2.05, 4.69) is 20.2 Å². The molecule has 4 rings (SSSR count). The van der Waals surface area contributed by atoms with Gasteiger partial charge in [0.25, 0.3) is 0 Å². The van der Waals surface area contributed by atoms with E-state index in [1.807, 2.05) is 68.6 Å². The van der Waals surface area contributed by atoms with Crippen LogP contribution in [0.5, 0.6) is 0 Å². The molecule has 1 atom stereocenters. The largest absolute Gasteiger partial charge is 0.339 e. The molecule has 4 aromatic rings. The molecule has 2 heterocycles. The Balaban J connectivity index is 1.29. The molecule has 0 aliphatic heterocycles. The monoisotopic (exact) mass is 416 g/mol. The molecule has 0 saturated carbocycles. The van der Waals surface area contributed by atoms with Gasteiger partial charge in [0.1, 0.15) is 12.7 Å². The number of amides is 1. The van der Waals surface area contributed by atoms with Gasteiger partial charge >= 0.3 is 0 Å². The normalized spacial score (nSPS) is 11.9. The molecule has 0 radical (unpaired) electrons. The Bertz CT molecular complexity index is 1110. The number of aryl methyl sites for hydroxylation is 1. The molecule has 0 N–H and O–H groups in total. The zero-order valence-electron chi connectivity index (χ0n) is 17.5. The molecule has 0 saturated heterocycles. The predicted octanol–water partition coefficient (Wildman–Crippen LogP) is 3.86. The Morgan fingerprint density at radius 2 is 1.90 bits per heavy atom. The Hall–Kier alpha value is -3.81. The first-order valence-corrected chi connectivity index (χ1v) is 10.2. The van der Waals surface area contributed by atoms with Crippen LogP contribution < -0.4 is 0 Å². The standard InChI is InChI=1S/C23H24N6O2/c1-17(18-11-13-20(14-12-18)29-16-24-15-25-29)28(2)22(30)10-6-9-21-26-23(27-31-21)19-7-4-3-5-8-19/h3-5,7-8,11-17H,6,9-10H2,1-2H3/t17-/m0/s1. The van der Waals surface area contributed by atoms with Gasteiger partial charge in [0, 0.05) is 25.5 Å². The summed E-state index contributed by atoms with van der Waals surface area (Å²) in [7, 11) is 1.83. The van der Waals surface area contributed by atoms with Gasteiger partial charge in [-0.25, -0.2) is 9.67 Å². The highest BCUT2D eigenvalue weighted by Gasteiger charge is 2.18. The number of aromatic nitrogens is 5. The summed E-state index contributed by atoms with van der Waals surface area (Å²) in [6.07, 6.45) is 4.79. The lowest BCUT2D eigenvalue weighted by atomic mass is 10.1. The first kappa shape index (κ1) is 20.5. The molecule has 2 aromatic heterocycles. The van der Waals surface area contributed by atoms with Gasteiger partial charge in [-0.15, -0.1) is 0 Å². The smallest absolute Gasteiger partial charge is 0.226 e. The van der Waals surface area contributed by atoms with Gasteiger partial charge in [0.15, 0.2) is 0 Å². The van der Waals surface area contributed by atoms with Crippen LogP contribution in [0.15, 0.2) is 71.8 Å². The number of hydrogen-bond donors (Lipinski definition) is 0. The van der Waals surface area contributed by atoms with Gasteiger partial charge in [0.2, 0.25) is 17.6 Å². The zero-order valence-corrected chi connectivity index (χ0v) is 17.5. The van der Waals surface area contributed by atoms with E-state index in [-0.39, 0.29) is 11.9 Å². The molecule has 0 bridgehead atoms. The molecule has 158 valence electrons. The van der Waals surface area contributed by atoms with Crippen LogP contribution in [0.25, 0.3) is 17.1 Å². The maximum atomic E-state index is 12.7. The molecular formula is C23H24N6O2. The highest BCUT2D eigenvalue weighted by molar-refractivity contribution is 5.76. The summed E-state index contributed by atoms with van der Waals surface area (Å²) in [5.41, 5.74) is 2.90. The summed E-state index contributed by atoms with van der Waals surface area (Å²) in [6, 6.07) is 17.6. The van der Waals surface area contributed by atoms with Crippen molar-refractivity contribution in [2.24, 2.45) is 0 Å². The van der Waals surface area contributed by atoms with Crippen molar-refractivity contribution in [3.05, 3.63) is 78.7 Å². The minimum atomic E-state index is -0.0367. The van der Waals surface area contributed by atoms with E-state index in [1.54, 1.807) is 15.9 Å².